The number of carbonyl (C=O) groups is 2. The second kappa shape index (κ2) is 8.49. The quantitative estimate of drug-likeness (QED) is 0.586. The average molecular weight is 391 g/mol. The maximum absolute atomic E-state index is 12.0. The van der Waals surface area contributed by atoms with E-state index in [2.05, 4.69) is 21.2 Å². The van der Waals surface area contributed by atoms with E-state index in [0.717, 1.165) is 5.56 Å². The molecule has 0 aliphatic carbocycles. The van der Waals surface area contributed by atoms with Gasteiger partial charge in [-0.3, -0.25) is 4.79 Å². The third-order valence-electron chi connectivity index (χ3n) is 3.54. The summed E-state index contributed by atoms with van der Waals surface area (Å²) in [5, 5.41) is 2.76. The van der Waals surface area contributed by atoms with E-state index in [0.29, 0.717) is 16.7 Å². The van der Waals surface area contributed by atoms with Gasteiger partial charge in [0.25, 0.3) is 5.91 Å². The second-order valence-electron chi connectivity index (χ2n) is 5.42. The van der Waals surface area contributed by atoms with Crippen LogP contribution in [0.1, 0.15) is 28.8 Å². The molecule has 2 aromatic rings. The molecule has 2 rings (SSSR count). The fourth-order valence-corrected chi connectivity index (χ4v) is 2.49. The number of nitrogen functional groups attached to an aromatic ring is 1. The summed E-state index contributed by atoms with van der Waals surface area (Å²) in [6, 6.07) is 14.8. The van der Waals surface area contributed by atoms with E-state index in [1.54, 1.807) is 18.2 Å². The highest BCUT2D eigenvalue weighted by molar-refractivity contribution is 9.10. The Balaban J connectivity index is 1.81. The molecule has 0 saturated heterocycles. The number of hydrogen-bond acceptors (Lipinski definition) is 4. The van der Waals surface area contributed by atoms with Crippen molar-refractivity contribution < 1.29 is 14.3 Å². The molecule has 0 aliphatic rings. The number of nitrogens with two attached hydrogens (primary N) is 1. The van der Waals surface area contributed by atoms with Gasteiger partial charge in [0.2, 0.25) is 0 Å². The molecule has 1 amide bonds. The summed E-state index contributed by atoms with van der Waals surface area (Å²) < 4.78 is 5.72. The predicted octanol–water partition coefficient (Wildman–Crippen LogP) is 3.11. The van der Waals surface area contributed by atoms with Crippen molar-refractivity contribution in [3.05, 3.63) is 64.1 Å². The molecule has 2 aromatic carbocycles. The Morgan fingerprint density at radius 2 is 1.92 bits per heavy atom. The third-order valence-corrected chi connectivity index (χ3v) is 4.04. The molecule has 126 valence electrons. The first-order valence-corrected chi connectivity index (χ1v) is 8.30. The molecule has 0 saturated carbocycles. The zero-order valence-electron chi connectivity index (χ0n) is 13.3. The first kappa shape index (κ1) is 18.0. The van der Waals surface area contributed by atoms with Gasteiger partial charge in [0.1, 0.15) is 0 Å². The molecule has 0 aliphatic heterocycles. The van der Waals surface area contributed by atoms with Crippen LogP contribution in [-0.4, -0.2) is 25.0 Å². The topological polar surface area (TPSA) is 81.4 Å². The van der Waals surface area contributed by atoms with Gasteiger partial charge in [-0.05, 0) is 29.7 Å². The molecule has 3 N–H and O–H groups in total. The van der Waals surface area contributed by atoms with Gasteiger partial charge in [0, 0.05) is 16.7 Å². The molecule has 5 nitrogen and oxygen atoms in total. The van der Waals surface area contributed by atoms with Crippen LogP contribution in [0.5, 0.6) is 0 Å². The Bertz CT molecular complexity index is 719. The van der Waals surface area contributed by atoms with Crippen molar-refractivity contribution in [2.24, 2.45) is 0 Å². The molecule has 0 radical (unpaired) electrons. The summed E-state index contributed by atoms with van der Waals surface area (Å²) in [5.74, 6) is -0.800. The largest absolute Gasteiger partial charge is 0.452 e. The Hall–Kier alpha value is -2.34. The van der Waals surface area contributed by atoms with Crippen molar-refractivity contribution in [3.8, 4) is 0 Å². The van der Waals surface area contributed by atoms with Crippen LogP contribution in [0, 0.1) is 0 Å². The van der Waals surface area contributed by atoms with Crippen LogP contribution in [-0.2, 0) is 9.53 Å². The maximum atomic E-state index is 12.0. The van der Waals surface area contributed by atoms with Gasteiger partial charge >= 0.3 is 5.97 Å². The predicted molar refractivity (Wildman–Crippen MR) is 96.7 cm³/mol. The Morgan fingerprint density at radius 3 is 2.62 bits per heavy atom. The highest BCUT2D eigenvalue weighted by atomic mass is 79.9. The normalized spacial score (nSPS) is 11.6. The number of rotatable bonds is 6. The molecule has 24 heavy (non-hydrogen) atoms. The fourth-order valence-electron chi connectivity index (χ4n) is 2.13. The number of amides is 1. The smallest absolute Gasteiger partial charge is 0.340 e. The molecule has 0 spiro atoms. The third kappa shape index (κ3) is 5.09. The molecule has 0 aromatic heterocycles. The lowest BCUT2D eigenvalue weighted by atomic mass is 10.0. The summed E-state index contributed by atoms with van der Waals surface area (Å²) in [7, 11) is 0. The van der Waals surface area contributed by atoms with E-state index in [9.17, 15) is 9.59 Å². The number of esters is 1. The number of halogens is 1. The van der Waals surface area contributed by atoms with Crippen LogP contribution >= 0.6 is 15.9 Å². The molecule has 0 bridgehead atoms. The molecular formula is C18H19BrN2O3. The monoisotopic (exact) mass is 390 g/mol. The van der Waals surface area contributed by atoms with Gasteiger partial charge in [-0.2, -0.15) is 0 Å². The van der Waals surface area contributed by atoms with Crippen molar-refractivity contribution in [2.45, 2.75) is 12.8 Å². The SMILES string of the molecule is C[C@@H](CNC(=O)COC(=O)c1cc(Br)ccc1N)c1ccccc1. The van der Waals surface area contributed by atoms with E-state index in [1.165, 1.54) is 0 Å². The van der Waals surface area contributed by atoms with Gasteiger partial charge in [0.05, 0.1) is 5.56 Å². The standard InChI is InChI=1S/C18H19BrN2O3/c1-12(13-5-3-2-4-6-13)10-21-17(22)11-24-18(23)15-9-14(19)7-8-16(15)20/h2-9,12H,10-11,20H2,1H3,(H,21,22)/t12-/m0/s1. The maximum Gasteiger partial charge on any atom is 0.340 e. The minimum Gasteiger partial charge on any atom is -0.452 e. The van der Waals surface area contributed by atoms with Crippen LogP contribution in [0.15, 0.2) is 53.0 Å². The zero-order chi connectivity index (χ0) is 17.5. The number of nitrogens with one attached hydrogen (secondary N) is 1. The van der Waals surface area contributed by atoms with Crippen molar-refractivity contribution in [1.82, 2.24) is 5.32 Å². The summed E-state index contributed by atoms with van der Waals surface area (Å²) in [4.78, 5) is 23.8. The van der Waals surface area contributed by atoms with Gasteiger partial charge in [-0.25, -0.2) is 4.79 Å². The van der Waals surface area contributed by atoms with E-state index in [1.807, 2.05) is 37.3 Å². The molecular weight excluding hydrogens is 372 g/mol. The van der Waals surface area contributed by atoms with E-state index in [-0.39, 0.29) is 24.0 Å². The molecule has 0 fully saturated rings. The van der Waals surface area contributed by atoms with Crippen LogP contribution in [0.4, 0.5) is 5.69 Å². The molecule has 0 unspecified atom stereocenters. The van der Waals surface area contributed by atoms with Crippen molar-refractivity contribution in [2.75, 3.05) is 18.9 Å². The number of ether oxygens (including phenoxy) is 1. The van der Waals surface area contributed by atoms with Gasteiger partial charge in [-0.1, -0.05) is 53.2 Å². The fraction of sp³-hybridized carbons (Fsp3) is 0.222. The molecule has 1 atom stereocenters. The minimum atomic E-state index is -0.625. The van der Waals surface area contributed by atoms with Gasteiger partial charge in [-0.15, -0.1) is 0 Å². The number of hydrogen-bond donors (Lipinski definition) is 2. The van der Waals surface area contributed by atoms with E-state index >= 15 is 0 Å². The number of carbonyl (C=O) groups excluding carboxylic acids is 2. The highest BCUT2D eigenvalue weighted by Crippen LogP contribution is 2.19. The summed E-state index contributed by atoms with van der Waals surface area (Å²) in [5.41, 5.74) is 7.41. The Kier molecular flexibility index (Phi) is 6.37. The van der Waals surface area contributed by atoms with E-state index < -0.39 is 5.97 Å². The summed E-state index contributed by atoms with van der Waals surface area (Å²) >= 11 is 3.26. The molecule has 0 heterocycles. The first-order chi connectivity index (χ1) is 11.5. The Labute approximate surface area is 149 Å². The van der Waals surface area contributed by atoms with Gasteiger partial charge in [0.15, 0.2) is 6.61 Å². The number of anilines is 1. The highest BCUT2D eigenvalue weighted by Gasteiger charge is 2.14. The van der Waals surface area contributed by atoms with Crippen LogP contribution in [0.3, 0.4) is 0 Å². The number of benzene rings is 2. The zero-order valence-corrected chi connectivity index (χ0v) is 14.9. The lowest BCUT2D eigenvalue weighted by Crippen LogP contribution is -2.31. The van der Waals surface area contributed by atoms with Crippen molar-refractivity contribution in [1.29, 1.82) is 0 Å². The van der Waals surface area contributed by atoms with Crippen molar-refractivity contribution >= 4 is 33.5 Å². The summed E-state index contributed by atoms with van der Waals surface area (Å²) in [6.07, 6.45) is 0. The van der Waals surface area contributed by atoms with Crippen LogP contribution < -0.4 is 11.1 Å². The first-order valence-electron chi connectivity index (χ1n) is 7.51. The van der Waals surface area contributed by atoms with Gasteiger partial charge < -0.3 is 15.8 Å². The van der Waals surface area contributed by atoms with Crippen LogP contribution in [0.25, 0.3) is 0 Å². The lowest BCUT2D eigenvalue weighted by molar-refractivity contribution is -0.124. The van der Waals surface area contributed by atoms with Crippen molar-refractivity contribution in [3.63, 3.8) is 0 Å². The Morgan fingerprint density at radius 1 is 1.21 bits per heavy atom. The molecule has 6 heteroatoms. The second-order valence-corrected chi connectivity index (χ2v) is 6.34. The van der Waals surface area contributed by atoms with E-state index in [4.69, 9.17) is 10.5 Å². The lowest BCUT2D eigenvalue weighted by Gasteiger charge is -2.13. The van der Waals surface area contributed by atoms with Crippen LogP contribution in [0.2, 0.25) is 0 Å². The minimum absolute atomic E-state index is 0.173. The average Bonchev–Trinajstić information content (AvgIpc) is 2.60. The summed E-state index contributed by atoms with van der Waals surface area (Å²) in [6.45, 7) is 2.15.